The zero-order valence-electron chi connectivity index (χ0n) is 13.7. The number of likely N-dealkylation sites (tertiary alicyclic amines) is 1. The maximum atomic E-state index is 6.08. The molecule has 0 radical (unpaired) electrons. The van der Waals surface area contributed by atoms with Crippen molar-refractivity contribution in [1.29, 1.82) is 0 Å². The Bertz CT molecular complexity index is 669. The number of H-pyrrole nitrogens is 1. The van der Waals surface area contributed by atoms with E-state index in [-0.39, 0.29) is 6.10 Å². The lowest BCUT2D eigenvalue weighted by Gasteiger charge is -2.35. The fourth-order valence-electron chi connectivity index (χ4n) is 3.84. The molecule has 2 fully saturated rings. The molecule has 2 aromatic rings. The smallest absolute Gasteiger partial charge is 0.153 e. The number of nitrogens with one attached hydrogen (secondary N) is 1. The molecule has 0 saturated carbocycles. The number of rotatable bonds is 4. The average molecular weight is 333 g/mol. The van der Waals surface area contributed by atoms with Gasteiger partial charge in [0.2, 0.25) is 0 Å². The Morgan fingerprint density at radius 2 is 2.30 bits per heavy atom. The lowest BCUT2D eigenvalue weighted by molar-refractivity contribution is 0.0834. The van der Waals surface area contributed by atoms with Crippen LogP contribution in [0.2, 0.25) is 0 Å². The maximum Gasteiger partial charge on any atom is 0.153 e. The predicted molar refractivity (Wildman–Crippen MR) is 88.3 cm³/mol. The molecule has 0 unspecified atom stereocenters. The Hall–Kier alpha value is -1.31. The van der Waals surface area contributed by atoms with Crippen molar-refractivity contribution >= 4 is 11.3 Å². The molecule has 0 amide bonds. The molecule has 23 heavy (non-hydrogen) atoms. The Kier molecular flexibility index (Phi) is 4.17. The fourth-order valence-corrected chi connectivity index (χ4v) is 4.66. The minimum Gasteiger partial charge on any atom is -0.377 e. The number of piperidine rings is 1. The van der Waals surface area contributed by atoms with Gasteiger partial charge in [-0.1, -0.05) is 0 Å². The first-order valence-corrected chi connectivity index (χ1v) is 9.18. The first kappa shape index (κ1) is 15.2. The van der Waals surface area contributed by atoms with Crippen molar-refractivity contribution in [2.24, 2.45) is 11.8 Å². The van der Waals surface area contributed by atoms with Crippen LogP contribution < -0.4 is 0 Å². The summed E-state index contributed by atoms with van der Waals surface area (Å²) in [5.74, 6) is 3.04. The van der Waals surface area contributed by atoms with Crippen molar-refractivity contribution in [1.82, 2.24) is 25.1 Å². The summed E-state index contributed by atoms with van der Waals surface area (Å²) >= 11 is 1.77. The second kappa shape index (κ2) is 6.30. The highest BCUT2D eigenvalue weighted by atomic mass is 32.1. The number of hydrogen-bond donors (Lipinski definition) is 1. The molecule has 124 valence electrons. The van der Waals surface area contributed by atoms with Gasteiger partial charge in [0, 0.05) is 30.0 Å². The van der Waals surface area contributed by atoms with Crippen LogP contribution in [-0.4, -0.2) is 50.9 Å². The molecule has 2 saturated heterocycles. The zero-order valence-corrected chi connectivity index (χ0v) is 14.5. The lowest BCUT2D eigenvalue weighted by Crippen LogP contribution is -2.41. The van der Waals surface area contributed by atoms with E-state index >= 15 is 0 Å². The van der Waals surface area contributed by atoms with Gasteiger partial charge in [0.25, 0.3) is 0 Å². The van der Waals surface area contributed by atoms with Crippen molar-refractivity contribution < 1.29 is 4.74 Å². The van der Waals surface area contributed by atoms with E-state index in [9.17, 15) is 0 Å². The van der Waals surface area contributed by atoms with Crippen molar-refractivity contribution in [3.8, 4) is 0 Å². The van der Waals surface area contributed by atoms with Gasteiger partial charge in [0.1, 0.15) is 10.8 Å². The summed E-state index contributed by atoms with van der Waals surface area (Å²) in [4.78, 5) is 11.5. The minimum atomic E-state index is 0.277. The lowest BCUT2D eigenvalue weighted by atomic mass is 9.83. The highest BCUT2D eigenvalue weighted by molar-refractivity contribution is 7.09. The van der Waals surface area contributed by atoms with Gasteiger partial charge in [-0.3, -0.25) is 10.00 Å². The van der Waals surface area contributed by atoms with Crippen LogP contribution in [0.5, 0.6) is 0 Å². The van der Waals surface area contributed by atoms with E-state index in [0.29, 0.717) is 11.8 Å². The van der Waals surface area contributed by atoms with Gasteiger partial charge >= 0.3 is 0 Å². The van der Waals surface area contributed by atoms with Crippen LogP contribution in [0.4, 0.5) is 0 Å². The molecule has 0 aromatic carbocycles. The topological polar surface area (TPSA) is 66.9 Å². The van der Waals surface area contributed by atoms with E-state index in [1.54, 1.807) is 11.3 Å². The van der Waals surface area contributed by atoms with Crippen LogP contribution in [0.1, 0.15) is 28.8 Å². The van der Waals surface area contributed by atoms with Gasteiger partial charge in [0.05, 0.1) is 19.3 Å². The molecule has 2 aliphatic rings. The highest BCUT2D eigenvalue weighted by Gasteiger charge is 2.41. The largest absolute Gasteiger partial charge is 0.377 e. The monoisotopic (exact) mass is 333 g/mol. The van der Waals surface area contributed by atoms with E-state index in [1.807, 2.05) is 6.92 Å². The molecule has 3 atom stereocenters. The summed E-state index contributed by atoms with van der Waals surface area (Å²) in [5.41, 5.74) is 1.13. The van der Waals surface area contributed by atoms with Gasteiger partial charge in [-0.25, -0.2) is 9.97 Å². The molecule has 2 aliphatic heterocycles. The summed E-state index contributed by atoms with van der Waals surface area (Å²) in [7, 11) is 0. The zero-order chi connectivity index (χ0) is 15.8. The number of aryl methyl sites for hydroxylation is 2. The quantitative estimate of drug-likeness (QED) is 0.926. The molecule has 2 aromatic heterocycles. The van der Waals surface area contributed by atoms with Crippen molar-refractivity contribution in [2.75, 3.05) is 19.7 Å². The molecule has 0 aliphatic carbocycles. The minimum absolute atomic E-state index is 0.277. The van der Waals surface area contributed by atoms with Crippen LogP contribution in [0.25, 0.3) is 0 Å². The van der Waals surface area contributed by atoms with E-state index in [0.717, 1.165) is 50.0 Å². The molecular formula is C16H23N5OS. The molecular weight excluding hydrogens is 310 g/mol. The average Bonchev–Trinajstić information content (AvgIpc) is 3.22. The number of nitrogens with zero attached hydrogens (tertiary/aromatic N) is 4. The van der Waals surface area contributed by atoms with Gasteiger partial charge in [-0.2, -0.15) is 5.10 Å². The maximum absolute atomic E-state index is 6.08. The Labute approximate surface area is 140 Å². The first-order valence-electron chi connectivity index (χ1n) is 8.30. The van der Waals surface area contributed by atoms with Gasteiger partial charge in [0.15, 0.2) is 5.82 Å². The fraction of sp³-hybridized carbons (Fsp3) is 0.688. The second-order valence-electron chi connectivity index (χ2n) is 6.74. The molecule has 0 spiro atoms. The number of aromatic amines is 1. The van der Waals surface area contributed by atoms with E-state index in [4.69, 9.17) is 4.74 Å². The summed E-state index contributed by atoms with van der Waals surface area (Å²) in [6, 6.07) is 0. The highest BCUT2D eigenvalue weighted by Crippen LogP contribution is 2.36. The molecule has 4 heterocycles. The third kappa shape index (κ3) is 3.32. The standard InChI is InChI=1S/C16H23N5OS/c1-10-9-23-16(17-10)7-21-4-3-13-12(6-21)8-22-14(13)5-15-18-11(2)19-20-15/h9,12-14H,3-8H2,1-2H3,(H,18,19,20)/t12-,13-,14+/m1/s1. The second-order valence-corrected chi connectivity index (χ2v) is 7.69. The molecule has 0 bridgehead atoms. The third-order valence-electron chi connectivity index (χ3n) is 4.93. The van der Waals surface area contributed by atoms with E-state index in [1.165, 1.54) is 11.4 Å². The summed E-state index contributed by atoms with van der Waals surface area (Å²) < 4.78 is 6.08. The van der Waals surface area contributed by atoms with Crippen LogP contribution in [0, 0.1) is 25.7 Å². The summed E-state index contributed by atoms with van der Waals surface area (Å²) in [5, 5.41) is 10.5. The Morgan fingerprint density at radius 3 is 3.04 bits per heavy atom. The number of thiazole rings is 1. The predicted octanol–water partition coefficient (Wildman–Crippen LogP) is 1.96. The van der Waals surface area contributed by atoms with Crippen LogP contribution in [-0.2, 0) is 17.7 Å². The van der Waals surface area contributed by atoms with E-state index < -0.39 is 0 Å². The molecule has 6 nitrogen and oxygen atoms in total. The molecule has 1 N–H and O–H groups in total. The Morgan fingerprint density at radius 1 is 1.39 bits per heavy atom. The first-order chi connectivity index (χ1) is 11.2. The number of hydrogen-bond acceptors (Lipinski definition) is 6. The van der Waals surface area contributed by atoms with E-state index in [2.05, 4.69) is 37.4 Å². The summed E-state index contributed by atoms with van der Waals surface area (Å²) in [6.45, 7) is 8.10. The molecule has 4 rings (SSSR count). The number of aromatic nitrogens is 4. The van der Waals surface area contributed by atoms with Crippen LogP contribution in [0.15, 0.2) is 5.38 Å². The van der Waals surface area contributed by atoms with Crippen molar-refractivity contribution in [2.45, 2.75) is 39.3 Å². The summed E-state index contributed by atoms with van der Waals surface area (Å²) in [6.07, 6.45) is 2.31. The van der Waals surface area contributed by atoms with Gasteiger partial charge in [-0.15, -0.1) is 11.3 Å². The van der Waals surface area contributed by atoms with Crippen LogP contribution >= 0.6 is 11.3 Å². The Balaban J connectivity index is 1.35. The van der Waals surface area contributed by atoms with Crippen molar-refractivity contribution in [3.63, 3.8) is 0 Å². The van der Waals surface area contributed by atoms with Gasteiger partial charge < -0.3 is 4.74 Å². The third-order valence-corrected chi connectivity index (χ3v) is 5.88. The van der Waals surface area contributed by atoms with Crippen LogP contribution in [0.3, 0.4) is 0 Å². The SMILES string of the molecule is Cc1csc(CN2CC[C@@H]3[C@@H](CO[C@H]3Cc3n[nH]c(C)n3)C2)n1. The molecule has 7 heteroatoms. The normalized spacial score (nSPS) is 28.2. The number of ether oxygens (including phenoxy) is 1. The number of fused-ring (bicyclic) bond motifs is 1. The van der Waals surface area contributed by atoms with Gasteiger partial charge in [-0.05, 0) is 32.7 Å². The van der Waals surface area contributed by atoms with Crippen molar-refractivity contribution in [3.05, 3.63) is 27.7 Å².